The number of rotatable bonds is 2. The van der Waals surface area contributed by atoms with Crippen LogP contribution in [0.25, 0.3) is 21.9 Å². The largest absolute Gasteiger partial charge is 0.384 e. The van der Waals surface area contributed by atoms with Gasteiger partial charge in [0.1, 0.15) is 0 Å². The molecule has 28 heavy (non-hydrogen) atoms. The van der Waals surface area contributed by atoms with Gasteiger partial charge in [0.25, 0.3) is 0 Å². The van der Waals surface area contributed by atoms with Crippen LogP contribution in [0.15, 0.2) is 78.9 Å². The Morgan fingerprint density at radius 3 is 2.39 bits per heavy atom. The number of nitrogens with one attached hydrogen (secondary N) is 1. The zero-order valence-corrected chi connectivity index (χ0v) is 15.9. The fourth-order valence-corrected chi connectivity index (χ4v) is 4.96. The van der Waals surface area contributed by atoms with Gasteiger partial charge in [-0.15, -0.1) is 0 Å². The Kier molecular flexibility index (Phi) is 3.55. The summed E-state index contributed by atoms with van der Waals surface area (Å²) >= 11 is 0. The van der Waals surface area contributed by atoms with Crippen molar-refractivity contribution >= 4 is 16.5 Å². The van der Waals surface area contributed by atoms with E-state index < -0.39 is 0 Å². The van der Waals surface area contributed by atoms with E-state index in [1.165, 1.54) is 49.8 Å². The fraction of sp³-hybridized carbons (Fsp3) is 0.185. The van der Waals surface area contributed by atoms with E-state index in [4.69, 9.17) is 0 Å². The quantitative estimate of drug-likeness (QED) is 0.438. The molecule has 0 saturated carbocycles. The number of fused-ring (bicyclic) bond motifs is 3. The maximum Gasteiger partial charge on any atom is 0.0376 e. The number of hydrogen-bond acceptors (Lipinski definition) is 1. The molecule has 0 fully saturated rings. The van der Waals surface area contributed by atoms with Crippen LogP contribution in [0, 0.1) is 0 Å². The second-order valence-corrected chi connectivity index (χ2v) is 8.24. The monoisotopic (exact) mass is 361 g/mol. The predicted molar refractivity (Wildman–Crippen MR) is 118 cm³/mol. The van der Waals surface area contributed by atoms with E-state index in [0.717, 1.165) is 25.8 Å². The van der Waals surface area contributed by atoms with E-state index in [0.29, 0.717) is 5.92 Å². The summed E-state index contributed by atoms with van der Waals surface area (Å²) in [5.74, 6) is 0.606. The third kappa shape index (κ3) is 2.62. The van der Waals surface area contributed by atoms with E-state index in [1.807, 2.05) is 0 Å². The minimum Gasteiger partial charge on any atom is -0.384 e. The third-order valence-electron chi connectivity index (χ3n) is 6.54. The van der Waals surface area contributed by atoms with Crippen molar-refractivity contribution in [2.24, 2.45) is 0 Å². The van der Waals surface area contributed by atoms with Gasteiger partial charge < -0.3 is 5.32 Å². The van der Waals surface area contributed by atoms with Crippen LogP contribution in [0.1, 0.15) is 28.2 Å². The van der Waals surface area contributed by atoms with Crippen molar-refractivity contribution in [1.29, 1.82) is 0 Å². The van der Waals surface area contributed by atoms with Gasteiger partial charge >= 0.3 is 0 Å². The van der Waals surface area contributed by atoms with Crippen molar-refractivity contribution in [3.8, 4) is 11.1 Å². The molecule has 1 aliphatic carbocycles. The Morgan fingerprint density at radius 2 is 1.43 bits per heavy atom. The fourth-order valence-electron chi connectivity index (χ4n) is 4.96. The molecule has 0 aromatic heterocycles. The van der Waals surface area contributed by atoms with Gasteiger partial charge in [-0.1, -0.05) is 66.7 Å². The van der Waals surface area contributed by atoms with Gasteiger partial charge in [0.15, 0.2) is 0 Å². The van der Waals surface area contributed by atoms with Crippen LogP contribution in [-0.4, -0.2) is 6.54 Å². The summed E-state index contributed by atoms with van der Waals surface area (Å²) in [6.45, 7) is 1.08. The van der Waals surface area contributed by atoms with Crippen LogP contribution in [0.3, 0.4) is 0 Å². The number of anilines is 1. The van der Waals surface area contributed by atoms with Gasteiger partial charge in [0.05, 0.1) is 0 Å². The zero-order valence-electron chi connectivity index (χ0n) is 15.9. The lowest BCUT2D eigenvalue weighted by molar-refractivity contribution is 0.742. The van der Waals surface area contributed by atoms with Crippen molar-refractivity contribution in [2.75, 3.05) is 11.9 Å². The summed E-state index contributed by atoms with van der Waals surface area (Å²) in [6.07, 6.45) is 3.47. The van der Waals surface area contributed by atoms with Gasteiger partial charge in [-0.25, -0.2) is 0 Å². The Labute approximate surface area is 166 Å². The second-order valence-electron chi connectivity index (χ2n) is 8.24. The highest BCUT2D eigenvalue weighted by Gasteiger charge is 2.24. The van der Waals surface area contributed by atoms with E-state index >= 15 is 0 Å². The van der Waals surface area contributed by atoms with Gasteiger partial charge in [0, 0.05) is 12.2 Å². The smallest absolute Gasteiger partial charge is 0.0376 e. The minimum atomic E-state index is 0.606. The average molecular weight is 361 g/mol. The van der Waals surface area contributed by atoms with Crippen molar-refractivity contribution in [2.45, 2.75) is 25.2 Å². The maximum absolute atomic E-state index is 3.53. The molecule has 136 valence electrons. The molecule has 1 heteroatoms. The third-order valence-corrected chi connectivity index (χ3v) is 6.54. The molecule has 1 atom stereocenters. The molecule has 4 aromatic carbocycles. The molecule has 4 aromatic rings. The Hall–Kier alpha value is -3.06. The maximum atomic E-state index is 3.53. The molecule has 0 amide bonds. The van der Waals surface area contributed by atoms with Crippen LogP contribution in [-0.2, 0) is 19.3 Å². The summed E-state index contributed by atoms with van der Waals surface area (Å²) in [6, 6.07) is 29.5. The van der Waals surface area contributed by atoms with Crippen molar-refractivity contribution in [3.63, 3.8) is 0 Å². The lowest BCUT2D eigenvalue weighted by atomic mass is 9.94. The van der Waals surface area contributed by atoms with Crippen LogP contribution < -0.4 is 5.32 Å². The van der Waals surface area contributed by atoms with Crippen LogP contribution in [0.2, 0.25) is 0 Å². The molecule has 1 heterocycles. The normalized spacial score (nSPS) is 17.4. The van der Waals surface area contributed by atoms with Gasteiger partial charge in [-0.3, -0.25) is 0 Å². The first-order valence-corrected chi connectivity index (χ1v) is 10.3. The molecule has 1 unspecified atom stereocenters. The van der Waals surface area contributed by atoms with E-state index in [1.54, 1.807) is 0 Å². The molecule has 0 saturated heterocycles. The molecular weight excluding hydrogens is 338 g/mol. The van der Waals surface area contributed by atoms with Gasteiger partial charge in [-0.2, -0.15) is 0 Å². The Bertz CT molecular complexity index is 1200. The van der Waals surface area contributed by atoms with E-state index in [2.05, 4.69) is 84.2 Å². The SMILES string of the molecule is c1ccc2cc(-c3ccc4c(c3)CC(c3ccc5c(c3)NCC5)C4)ccc2c1. The van der Waals surface area contributed by atoms with Gasteiger partial charge in [0.2, 0.25) is 0 Å². The van der Waals surface area contributed by atoms with Crippen LogP contribution in [0.4, 0.5) is 5.69 Å². The first kappa shape index (κ1) is 15.9. The first-order chi connectivity index (χ1) is 13.8. The summed E-state index contributed by atoms with van der Waals surface area (Å²) in [5.41, 5.74) is 9.99. The molecule has 2 aliphatic rings. The molecule has 0 spiro atoms. The highest BCUT2D eigenvalue weighted by Crippen LogP contribution is 2.38. The Morgan fingerprint density at radius 1 is 0.643 bits per heavy atom. The van der Waals surface area contributed by atoms with Crippen molar-refractivity contribution < 1.29 is 0 Å². The minimum absolute atomic E-state index is 0.606. The lowest BCUT2D eigenvalue weighted by Gasteiger charge is -2.11. The van der Waals surface area contributed by atoms with Crippen LogP contribution in [0.5, 0.6) is 0 Å². The van der Waals surface area contributed by atoms with Crippen molar-refractivity contribution in [1.82, 2.24) is 0 Å². The lowest BCUT2D eigenvalue weighted by Crippen LogP contribution is -1.99. The summed E-state index contributed by atoms with van der Waals surface area (Å²) in [7, 11) is 0. The summed E-state index contributed by atoms with van der Waals surface area (Å²) < 4.78 is 0. The summed E-state index contributed by atoms with van der Waals surface area (Å²) in [5, 5.41) is 6.14. The molecule has 6 rings (SSSR count). The Balaban J connectivity index is 1.32. The molecule has 0 radical (unpaired) electrons. The average Bonchev–Trinajstić information content (AvgIpc) is 3.39. The molecule has 0 bridgehead atoms. The molecular formula is C27H23N. The summed E-state index contributed by atoms with van der Waals surface area (Å²) in [4.78, 5) is 0. The van der Waals surface area contributed by atoms with Gasteiger partial charge in [-0.05, 0) is 81.5 Å². The number of benzene rings is 4. The van der Waals surface area contributed by atoms with E-state index in [-0.39, 0.29) is 0 Å². The predicted octanol–water partition coefficient (Wildman–Crippen LogP) is 6.36. The molecule has 1 nitrogen and oxygen atoms in total. The highest BCUT2D eigenvalue weighted by molar-refractivity contribution is 5.87. The van der Waals surface area contributed by atoms with E-state index in [9.17, 15) is 0 Å². The van der Waals surface area contributed by atoms with Crippen LogP contribution >= 0.6 is 0 Å². The van der Waals surface area contributed by atoms with Crippen molar-refractivity contribution in [3.05, 3.63) is 101 Å². The first-order valence-electron chi connectivity index (χ1n) is 10.3. The second kappa shape index (κ2) is 6.24. The zero-order chi connectivity index (χ0) is 18.5. The standard InChI is InChI=1S/C27H23N/c1-2-4-20-13-21(7-5-18(20)3-1)22-9-10-23-15-26(16-25(23)14-22)24-8-6-19-11-12-28-27(19)17-24/h1-10,13-14,17,26,28H,11-12,15-16H2. The molecule has 1 N–H and O–H groups in total. The highest BCUT2D eigenvalue weighted by atomic mass is 14.9. The number of hydrogen-bond donors (Lipinski definition) is 1. The molecule has 1 aliphatic heterocycles. The topological polar surface area (TPSA) is 12.0 Å².